The molecule has 0 aromatic heterocycles. The van der Waals surface area contributed by atoms with Gasteiger partial charge in [-0.1, -0.05) is 30.3 Å². The predicted molar refractivity (Wildman–Crippen MR) is 84.2 cm³/mol. The summed E-state index contributed by atoms with van der Waals surface area (Å²) in [6, 6.07) is 15.4. The Hall–Kier alpha value is -2.27. The Morgan fingerprint density at radius 2 is 1.90 bits per heavy atom. The van der Waals surface area contributed by atoms with Crippen LogP contribution in [0, 0.1) is 0 Å². The molecule has 0 aliphatic carbocycles. The van der Waals surface area contributed by atoms with Crippen LogP contribution in [0.5, 0.6) is 11.5 Å². The van der Waals surface area contributed by atoms with Gasteiger partial charge in [0, 0.05) is 11.8 Å². The molecule has 0 radical (unpaired) electrons. The second-order valence-electron chi connectivity index (χ2n) is 4.13. The van der Waals surface area contributed by atoms with E-state index < -0.39 is 0 Å². The highest BCUT2D eigenvalue weighted by molar-refractivity contribution is 7.80. The minimum absolute atomic E-state index is 0.213. The number of nitrogens with one attached hydrogen (secondary N) is 1. The molecule has 0 bridgehead atoms. The number of thiocarbonyl (C=S) groups is 1. The second-order valence-corrected chi connectivity index (χ2v) is 4.57. The van der Waals surface area contributed by atoms with E-state index in [9.17, 15) is 0 Å². The maximum atomic E-state index is 5.76. The summed E-state index contributed by atoms with van der Waals surface area (Å²) in [6.07, 6.45) is 0. The van der Waals surface area contributed by atoms with Crippen molar-refractivity contribution < 1.29 is 9.47 Å². The van der Waals surface area contributed by atoms with Crippen molar-refractivity contribution in [3.8, 4) is 11.5 Å². The van der Waals surface area contributed by atoms with Crippen molar-refractivity contribution in [2.45, 2.75) is 6.61 Å². The third-order valence-electron chi connectivity index (χ3n) is 2.67. The highest BCUT2D eigenvalue weighted by Crippen LogP contribution is 2.30. The average Bonchev–Trinajstić information content (AvgIpc) is 2.46. The Labute approximate surface area is 123 Å². The third kappa shape index (κ3) is 3.86. The molecule has 0 heterocycles. The summed E-state index contributed by atoms with van der Waals surface area (Å²) in [5.74, 6) is 1.30. The van der Waals surface area contributed by atoms with Gasteiger partial charge in [-0.2, -0.15) is 0 Å². The molecule has 0 aliphatic rings. The molecule has 0 spiro atoms. The van der Waals surface area contributed by atoms with Crippen LogP contribution < -0.4 is 20.5 Å². The fourth-order valence-corrected chi connectivity index (χ4v) is 1.86. The normalized spacial score (nSPS) is 9.85. The zero-order valence-electron chi connectivity index (χ0n) is 11.1. The van der Waals surface area contributed by atoms with Crippen LogP contribution in [-0.2, 0) is 6.61 Å². The first-order chi connectivity index (χ1) is 9.69. The lowest BCUT2D eigenvalue weighted by atomic mass is 10.2. The standard InChI is InChI=1S/C15H16N2O2S/c1-18-14-9-12(17-15(16)20)7-8-13(14)19-10-11-5-3-2-4-6-11/h2-9H,10H2,1H3,(H3,16,17,20). The molecule has 2 rings (SSSR count). The van der Waals surface area contributed by atoms with Crippen molar-refractivity contribution in [1.29, 1.82) is 0 Å². The van der Waals surface area contributed by atoms with Crippen LogP contribution in [0.3, 0.4) is 0 Å². The minimum Gasteiger partial charge on any atom is -0.493 e. The zero-order chi connectivity index (χ0) is 14.4. The number of ether oxygens (including phenoxy) is 2. The predicted octanol–water partition coefficient (Wildman–Crippen LogP) is 2.93. The molecule has 0 amide bonds. The second kappa shape index (κ2) is 6.77. The molecule has 2 aromatic rings. The minimum atomic E-state index is 0.213. The number of hydrogen-bond donors (Lipinski definition) is 2. The fraction of sp³-hybridized carbons (Fsp3) is 0.133. The lowest BCUT2D eigenvalue weighted by molar-refractivity contribution is 0.284. The molecule has 4 nitrogen and oxygen atoms in total. The molecule has 0 atom stereocenters. The molecule has 3 N–H and O–H groups in total. The van der Waals surface area contributed by atoms with Crippen molar-refractivity contribution in [3.63, 3.8) is 0 Å². The van der Waals surface area contributed by atoms with E-state index in [2.05, 4.69) is 5.32 Å². The third-order valence-corrected chi connectivity index (χ3v) is 2.77. The van der Waals surface area contributed by atoms with Crippen molar-refractivity contribution in [1.82, 2.24) is 0 Å². The van der Waals surface area contributed by atoms with Gasteiger partial charge in [0.2, 0.25) is 0 Å². The van der Waals surface area contributed by atoms with E-state index in [1.165, 1.54) is 0 Å². The van der Waals surface area contributed by atoms with Crippen molar-refractivity contribution >= 4 is 23.0 Å². The molecule has 0 saturated heterocycles. The molecule has 104 valence electrons. The Bertz CT molecular complexity index is 588. The maximum Gasteiger partial charge on any atom is 0.168 e. The summed E-state index contributed by atoms with van der Waals surface area (Å²) < 4.78 is 11.1. The van der Waals surface area contributed by atoms with E-state index in [0.29, 0.717) is 18.1 Å². The van der Waals surface area contributed by atoms with Crippen LogP contribution in [0.25, 0.3) is 0 Å². The summed E-state index contributed by atoms with van der Waals surface area (Å²) in [4.78, 5) is 0. The molecule has 2 aromatic carbocycles. The van der Waals surface area contributed by atoms with Crippen LogP contribution in [0.15, 0.2) is 48.5 Å². The largest absolute Gasteiger partial charge is 0.493 e. The Balaban J connectivity index is 2.09. The molecular formula is C15H16N2O2S. The van der Waals surface area contributed by atoms with E-state index in [0.717, 1.165) is 11.3 Å². The maximum absolute atomic E-state index is 5.76. The van der Waals surface area contributed by atoms with Gasteiger partial charge in [0.15, 0.2) is 16.6 Å². The summed E-state index contributed by atoms with van der Waals surface area (Å²) in [5, 5.41) is 3.07. The molecular weight excluding hydrogens is 272 g/mol. The van der Waals surface area contributed by atoms with Crippen LogP contribution in [-0.4, -0.2) is 12.2 Å². The highest BCUT2D eigenvalue weighted by Gasteiger charge is 2.06. The first kappa shape index (κ1) is 14.1. The Morgan fingerprint density at radius 1 is 1.15 bits per heavy atom. The van der Waals surface area contributed by atoms with E-state index >= 15 is 0 Å². The fourth-order valence-electron chi connectivity index (χ4n) is 1.74. The summed E-state index contributed by atoms with van der Waals surface area (Å²) in [5.41, 5.74) is 7.30. The van der Waals surface area contributed by atoms with E-state index in [-0.39, 0.29) is 5.11 Å². The van der Waals surface area contributed by atoms with E-state index in [1.807, 2.05) is 42.5 Å². The van der Waals surface area contributed by atoms with Crippen LogP contribution in [0.4, 0.5) is 5.69 Å². The lowest BCUT2D eigenvalue weighted by Crippen LogP contribution is -2.18. The van der Waals surface area contributed by atoms with E-state index in [1.54, 1.807) is 13.2 Å². The highest BCUT2D eigenvalue weighted by atomic mass is 32.1. The van der Waals surface area contributed by atoms with Gasteiger partial charge in [0.25, 0.3) is 0 Å². The first-order valence-electron chi connectivity index (χ1n) is 6.10. The Morgan fingerprint density at radius 3 is 2.55 bits per heavy atom. The Kier molecular flexibility index (Phi) is 4.79. The van der Waals surface area contributed by atoms with Gasteiger partial charge in [-0.15, -0.1) is 0 Å². The summed E-state index contributed by atoms with van der Waals surface area (Å²) in [6.45, 7) is 0.485. The molecule has 20 heavy (non-hydrogen) atoms. The molecule has 0 fully saturated rings. The van der Waals surface area contributed by atoms with E-state index in [4.69, 9.17) is 27.4 Å². The van der Waals surface area contributed by atoms with Gasteiger partial charge in [-0.3, -0.25) is 0 Å². The van der Waals surface area contributed by atoms with Crippen molar-refractivity contribution in [2.75, 3.05) is 12.4 Å². The SMILES string of the molecule is COc1cc(NC(N)=S)ccc1OCc1ccccc1. The number of hydrogen-bond acceptors (Lipinski definition) is 3. The smallest absolute Gasteiger partial charge is 0.168 e. The van der Waals surface area contributed by atoms with Gasteiger partial charge in [0.05, 0.1) is 7.11 Å². The van der Waals surface area contributed by atoms with Crippen molar-refractivity contribution in [2.24, 2.45) is 5.73 Å². The summed E-state index contributed by atoms with van der Waals surface area (Å²) >= 11 is 4.80. The quantitative estimate of drug-likeness (QED) is 0.829. The van der Waals surface area contributed by atoms with Gasteiger partial charge in [-0.25, -0.2) is 0 Å². The molecule has 0 aliphatic heterocycles. The van der Waals surface area contributed by atoms with Gasteiger partial charge in [0.1, 0.15) is 6.61 Å². The number of nitrogens with two attached hydrogens (primary N) is 1. The number of benzene rings is 2. The van der Waals surface area contributed by atoms with Crippen LogP contribution in [0.1, 0.15) is 5.56 Å². The first-order valence-corrected chi connectivity index (χ1v) is 6.51. The van der Waals surface area contributed by atoms with Gasteiger partial charge in [-0.05, 0) is 29.9 Å². The van der Waals surface area contributed by atoms with Crippen LogP contribution >= 0.6 is 12.2 Å². The zero-order valence-corrected chi connectivity index (χ0v) is 11.9. The number of rotatable bonds is 5. The average molecular weight is 288 g/mol. The number of anilines is 1. The molecule has 5 heteroatoms. The van der Waals surface area contributed by atoms with Crippen LogP contribution in [0.2, 0.25) is 0 Å². The number of methoxy groups -OCH3 is 1. The van der Waals surface area contributed by atoms with Gasteiger partial charge < -0.3 is 20.5 Å². The molecule has 0 saturated carbocycles. The molecule has 0 unspecified atom stereocenters. The van der Waals surface area contributed by atoms with Crippen molar-refractivity contribution in [3.05, 3.63) is 54.1 Å². The topological polar surface area (TPSA) is 56.5 Å². The summed E-state index contributed by atoms with van der Waals surface area (Å²) in [7, 11) is 1.59. The van der Waals surface area contributed by atoms with Gasteiger partial charge >= 0.3 is 0 Å². The monoisotopic (exact) mass is 288 g/mol. The lowest BCUT2D eigenvalue weighted by Gasteiger charge is -2.12.